The van der Waals surface area contributed by atoms with Gasteiger partial charge in [0.15, 0.2) is 0 Å². The van der Waals surface area contributed by atoms with Crippen LogP contribution in [-0.4, -0.2) is 29.5 Å². The van der Waals surface area contributed by atoms with Crippen LogP contribution in [0.3, 0.4) is 0 Å². The molecule has 25 heavy (non-hydrogen) atoms. The van der Waals surface area contributed by atoms with Gasteiger partial charge in [-0.3, -0.25) is 4.79 Å². The summed E-state index contributed by atoms with van der Waals surface area (Å²) in [5.74, 6) is -0.650. The van der Waals surface area contributed by atoms with Gasteiger partial charge in [0, 0.05) is 11.4 Å². The molecule has 0 saturated heterocycles. The molecule has 5 nitrogen and oxygen atoms in total. The third kappa shape index (κ3) is 6.41. The summed E-state index contributed by atoms with van der Waals surface area (Å²) >= 11 is -1.60. The molecule has 9 heteroatoms. The van der Waals surface area contributed by atoms with E-state index in [4.69, 9.17) is 4.74 Å². The number of alkyl halides is 3. The number of carbonyl (C=O) groups is 1. The molecule has 0 radical (unpaired) electrons. The average molecular weight is 381 g/mol. The molecule has 1 unspecified atom stereocenters. The van der Waals surface area contributed by atoms with Crippen molar-refractivity contribution in [3.05, 3.63) is 29.3 Å². The molecule has 0 amide bonds. The van der Waals surface area contributed by atoms with Crippen molar-refractivity contribution in [2.45, 2.75) is 44.2 Å². The number of hydrogen-bond donors (Lipinski definition) is 1. The van der Waals surface area contributed by atoms with Crippen molar-refractivity contribution >= 4 is 17.3 Å². The zero-order chi connectivity index (χ0) is 19.4. The number of benzene rings is 1. The molecule has 142 valence electrons. The maximum absolute atomic E-state index is 13.1. The molecule has 1 aromatic rings. The number of carbonyl (C=O) groups excluding carboxylic acids is 1. The lowest BCUT2D eigenvalue weighted by Crippen LogP contribution is -2.42. The summed E-state index contributed by atoms with van der Waals surface area (Å²) in [6.07, 6.45) is -4.86. The lowest BCUT2D eigenvalue weighted by Gasteiger charge is -2.28. The summed E-state index contributed by atoms with van der Waals surface area (Å²) in [5.41, 5.74) is -0.783. The van der Waals surface area contributed by atoms with Crippen molar-refractivity contribution in [2.24, 2.45) is 0 Å². The van der Waals surface area contributed by atoms with Gasteiger partial charge in [-0.1, -0.05) is 0 Å². The van der Waals surface area contributed by atoms with E-state index < -0.39 is 39.9 Å². The van der Waals surface area contributed by atoms with Crippen LogP contribution in [0.25, 0.3) is 0 Å². The van der Waals surface area contributed by atoms with Crippen LogP contribution in [0.4, 0.5) is 13.2 Å². The van der Waals surface area contributed by atoms with E-state index in [0.29, 0.717) is 0 Å². The van der Waals surface area contributed by atoms with Crippen LogP contribution in [0, 0.1) is 0 Å². The molecule has 0 aliphatic rings. The van der Waals surface area contributed by atoms with Crippen LogP contribution in [0.1, 0.15) is 44.4 Å². The van der Waals surface area contributed by atoms with E-state index in [-0.39, 0.29) is 17.7 Å². The molecular weight excluding hydrogens is 359 g/mol. The van der Waals surface area contributed by atoms with Gasteiger partial charge in [0.05, 0.1) is 32.2 Å². The SMILES string of the molecule is COC(=O)C[C@H](N[S+]([O-])C(C)(C)C)c1cc(OC)cc(C(F)(F)F)c1. The van der Waals surface area contributed by atoms with Crippen LogP contribution in [-0.2, 0) is 27.1 Å². The van der Waals surface area contributed by atoms with Crippen LogP contribution >= 0.6 is 0 Å². The van der Waals surface area contributed by atoms with E-state index in [2.05, 4.69) is 9.46 Å². The molecule has 0 aromatic heterocycles. The minimum atomic E-state index is -4.58. The van der Waals surface area contributed by atoms with E-state index in [1.54, 1.807) is 20.8 Å². The summed E-state index contributed by atoms with van der Waals surface area (Å²) in [6.45, 7) is 5.12. The molecule has 1 aromatic carbocycles. The largest absolute Gasteiger partial charge is 0.598 e. The number of ether oxygens (including phenoxy) is 2. The Bertz CT molecular complexity index is 602. The minimum Gasteiger partial charge on any atom is -0.598 e. The Labute approximate surface area is 148 Å². The first kappa shape index (κ1) is 21.6. The maximum Gasteiger partial charge on any atom is 0.416 e. The molecule has 0 aliphatic heterocycles. The highest BCUT2D eigenvalue weighted by molar-refractivity contribution is 7.90. The zero-order valence-electron chi connectivity index (χ0n) is 14.7. The van der Waals surface area contributed by atoms with E-state index in [0.717, 1.165) is 12.1 Å². The summed E-state index contributed by atoms with van der Waals surface area (Å²) in [5, 5.41) is 0. The lowest BCUT2D eigenvalue weighted by atomic mass is 10.0. The van der Waals surface area contributed by atoms with Crippen molar-refractivity contribution in [3.8, 4) is 5.75 Å². The molecular formula is C16H22F3NO4S. The standard InChI is InChI=1S/C16H22F3NO4S/c1-15(2,3)25(22)20-13(9-14(21)24-5)10-6-11(16(17,18)19)8-12(7-10)23-4/h6-8,13,20H,9H2,1-5H3/t13-,25?/m0/s1. The Hall–Kier alpha value is -1.45. The van der Waals surface area contributed by atoms with Gasteiger partial charge in [-0.05, 0) is 44.5 Å². The topological polar surface area (TPSA) is 70.6 Å². The monoisotopic (exact) mass is 381 g/mol. The Morgan fingerprint density at radius 3 is 2.28 bits per heavy atom. The Morgan fingerprint density at radius 1 is 1.24 bits per heavy atom. The summed E-state index contributed by atoms with van der Waals surface area (Å²) in [4.78, 5) is 11.6. The number of methoxy groups -OCH3 is 2. The van der Waals surface area contributed by atoms with Crippen molar-refractivity contribution in [3.63, 3.8) is 0 Å². The fourth-order valence-electron chi connectivity index (χ4n) is 1.89. The number of halogens is 3. The van der Waals surface area contributed by atoms with Gasteiger partial charge in [-0.15, -0.1) is 4.72 Å². The number of nitrogens with one attached hydrogen (secondary N) is 1. The van der Waals surface area contributed by atoms with Crippen LogP contribution in [0.2, 0.25) is 0 Å². The first-order chi connectivity index (χ1) is 11.4. The second kappa shape index (κ2) is 8.29. The minimum absolute atomic E-state index is 0.0111. The van der Waals surface area contributed by atoms with E-state index in [1.165, 1.54) is 20.3 Å². The van der Waals surface area contributed by atoms with Gasteiger partial charge in [0.25, 0.3) is 0 Å². The second-order valence-corrected chi connectivity index (χ2v) is 8.32. The fraction of sp³-hybridized carbons (Fsp3) is 0.562. The highest BCUT2D eigenvalue weighted by atomic mass is 32.2. The van der Waals surface area contributed by atoms with Crippen molar-refractivity contribution in [1.29, 1.82) is 0 Å². The van der Waals surface area contributed by atoms with E-state index >= 15 is 0 Å². The van der Waals surface area contributed by atoms with Crippen molar-refractivity contribution < 1.29 is 32.0 Å². The van der Waals surface area contributed by atoms with Crippen molar-refractivity contribution in [2.75, 3.05) is 14.2 Å². The predicted molar refractivity (Wildman–Crippen MR) is 88.4 cm³/mol. The first-order valence-corrected chi connectivity index (χ1v) is 8.54. The highest BCUT2D eigenvalue weighted by Gasteiger charge is 2.35. The molecule has 1 rings (SSSR count). The molecule has 0 saturated carbocycles. The number of hydrogen-bond acceptors (Lipinski definition) is 5. The first-order valence-electron chi connectivity index (χ1n) is 7.39. The quantitative estimate of drug-likeness (QED) is 0.604. The number of rotatable bonds is 6. The molecule has 0 spiro atoms. The van der Waals surface area contributed by atoms with Gasteiger partial charge < -0.3 is 14.0 Å². The molecule has 0 heterocycles. The molecule has 0 aliphatic carbocycles. The normalized spacial score (nSPS) is 14.8. The van der Waals surface area contributed by atoms with Gasteiger partial charge in [0.1, 0.15) is 10.5 Å². The van der Waals surface area contributed by atoms with Gasteiger partial charge >= 0.3 is 12.1 Å². The molecule has 0 bridgehead atoms. The van der Waals surface area contributed by atoms with Crippen LogP contribution in [0.15, 0.2) is 18.2 Å². The Morgan fingerprint density at radius 2 is 1.84 bits per heavy atom. The highest BCUT2D eigenvalue weighted by Crippen LogP contribution is 2.35. The van der Waals surface area contributed by atoms with E-state index in [1.807, 2.05) is 0 Å². The smallest absolute Gasteiger partial charge is 0.416 e. The predicted octanol–water partition coefficient (Wildman–Crippen LogP) is 3.37. The molecule has 0 fully saturated rings. The van der Waals surface area contributed by atoms with E-state index in [9.17, 15) is 22.5 Å². The van der Waals surface area contributed by atoms with Gasteiger partial charge in [-0.2, -0.15) is 13.2 Å². The third-order valence-corrected chi connectivity index (χ3v) is 4.91. The number of esters is 1. The van der Waals surface area contributed by atoms with Crippen molar-refractivity contribution in [1.82, 2.24) is 4.72 Å². The zero-order valence-corrected chi connectivity index (χ0v) is 15.5. The average Bonchev–Trinajstić information content (AvgIpc) is 2.51. The second-order valence-electron chi connectivity index (χ2n) is 6.32. The Balaban J connectivity index is 3.30. The summed E-state index contributed by atoms with van der Waals surface area (Å²) in [7, 11) is 2.42. The maximum atomic E-state index is 13.1. The van der Waals surface area contributed by atoms with Crippen LogP contribution in [0.5, 0.6) is 5.75 Å². The van der Waals surface area contributed by atoms with Crippen LogP contribution < -0.4 is 9.46 Å². The Kier molecular flexibility index (Phi) is 7.16. The fourth-order valence-corrected chi connectivity index (χ4v) is 2.72. The van der Waals surface area contributed by atoms with Gasteiger partial charge in [0.2, 0.25) is 0 Å². The molecule has 2 atom stereocenters. The molecule has 1 N–H and O–H groups in total. The van der Waals surface area contributed by atoms with Gasteiger partial charge in [-0.25, -0.2) is 0 Å². The third-order valence-electron chi connectivity index (χ3n) is 3.30. The lowest BCUT2D eigenvalue weighted by molar-refractivity contribution is -0.141. The summed E-state index contributed by atoms with van der Waals surface area (Å²) < 4.78 is 63.2. The summed E-state index contributed by atoms with van der Waals surface area (Å²) in [6, 6.07) is 2.21.